The lowest BCUT2D eigenvalue weighted by Gasteiger charge is -2.34. The summed E-state index contributed by atoms with van der Waals surface area (Å²) in [6.07, 6.45) is 1.35. The van der Waals surface area contributed by atoms with Gasteiger partial charge in [-0.25, -0.2) is 0 Å². The minimum atomic E-state index is -0.742. The third kappa shape index (κ3) is 5.39. The first-order chi connectivity index (χ1) is 13.1. The molecule has 0 radical (unpaired) electrons. The zero-order valence-electron chi connectivity index (χ0n) is 15.9. The summed E-state index contributed by atoms with van der Waals surface area (Å²) in [7, 11) is 1.61. The Hall–Kier alpha value is -1.79. The quantitative estimate of drug-likeness (QED) is 0.710. The summed E-state index contributed by atoms with van der Waals surface area (Å²) in [5.74, 6) is 0.583. The highest BCUT2D eigenvalue weighted by molar-refractivity contribution is 6.32. The van der Waals surface area contributed by atoms with Crippen LogP contribution in [-0.4, -0.2) is 31.7 Å². The molecule has 28 heavy (non-hydrogen) atoms. The van der Waals surface area contributed by atoms with Gasteiger partial charge in [0.2, 0.25) is 0 Å². The average molecular weight is 425 g/mol. The number of rotatable bonds is 7. The van der Waals surface area contributed by atoms with Crippen molar-refractivity contribution >= 4 is 29.9 Å². The highest BCUT2D eigenvalue weighted by Gasteiger charge is 2.39. The second kappa shape index (κ2) is 10.7. The van der Waals surface area contributed by atoms with Gasteiger partial charge in [0, 0.05) is 13.7 Å². The van der Waals surface area contributed by atoms with Crippen LogP contribution in [0.4, 0.5) is 0 Å². The fraction of sp³-hybridized carbons (Fsp3) is 0.381. The minimum Gasteiger partial charge on any atom is -0.487 e. The maximum absolute atomic E-state index is 12.7. The predicted octanol–water partition coefficient (Wildman–Crippen LogP) is 3.73. The zero-order valence-corrected chi connectivity index (χ0v) is 17.4. The van der Waals surface area contributed by atoms with E-state index in [9.17, 15) is 4.79 Å². The van der Waals surface area contributed by atoms with E-state index in [0.29, 0.717) is 36.8 Å². The van der Waals surface area contributed by atoms with Gasteiger partial charge in [-0.3, -0.25) is 4.79 Å². The first-order valence-corrected chi connectivity index (χ1v) is 9.51. The molecular formula is C21H26Cl2N2O3. The van der Waals surface area contributed by atoms with Crippen molar-refractivity contribution in [3.8, 4) is 5.75 Å². The van der Waals surface area contributed by atoms with Crippen molar-refractivity contribution in [2.75, 3.05) is 20.2 Å². The molecular weight excluding hydrogens is 399 g/mol. The first-order valence-electron chi connectivity index (χ1n) is 9.13. The molecule has 0 spiro atoms. The molecule has 2 aromatic carbocycles. The van der Waals surface area contributed by atoms with Crippen LogP contribution in [0.1, 0.15) is 24.0 Å². The number of amides is 1. The molecule has 0 bridgehead atoms. The molecule has 1 aliphatic heterocycles. The van der Waals surface area contributed by atoms with Crippen molar-refractivity contribution in [1.82, 2.24) is 10.6 Å². The van der Waals surface area contributed by atoms with Crippen molar-refractivity contribution < 1.29 is 14.3 Å². The van der Waals surface area contributed by atoms with Gasteiger partial charge in [-0.1, -0.05) is 48.0 Å². The predicted molar refractivity (Wildman–Crippen MR) is 113 cm³/mol. The maximum atomic E-state index is 12.7. The molecule has 1 saturated heterocycles. The van der Waals surface area contributed by atoms with Crippen molar-refractivity contribution in [1.29, 1.82) is 0 Å². The monoisotopic (exact) mass is 424 g/mol. The Morgan fingerprint density at radius 1 is 1.11 bits per heavy atom. The third-order valence-corrected chi connectivity index (χ3v) is 5.31. The van der Waals surface area contributed by atoms with Gasteiger partial charge in [-0.05, 0) is 49.2 Å². The van der Waals surface area contributed by atoms with Gasteiger partial charge in [-0.2, -0.15) is 0 Å². The smallest absolute Gasteiger partial charge is 0.252 e. The maximum Gasteiger partial charge on any atom is 0.252 e. The number of methoxy groups -OCH3 is 1. The molecule has 0 aliphatic carbocycles. The van der Waals surface area contributed by atoms with Crippen LogP contribution in [0.3, 0.4) is 0 Å². The van der Waals surface area contributed by atoms with Crippen LogP contribution in [0.15, 0.2) is 48.5 Å². The van der Waals surface area contributed by atoms with E-state index < -0.39 is 5.60 Å². The topological polar surface area (TPSA) is 59.6 Å². The molecule has 1 fully saturated rings. The average Bonchev–Trinajstić information content (AvgIpc) is 2.72. The molecule has 2 N–H and O–H groups in total. The molecule has 0 aromatic heterocycles. The SMILES string of the molecule is COC1(C(=O)NCc2ccccc2COc2ccccc2Cl)CCNCC1.Cl. The second-order valence-corrected chi connectivity index (χ2v) is 7.03. The van der Waals surface area contributed by atoms with Crippen LogP contribution >= 0.6 is 24.0 Å². The van der Waals surface area contributed by atoms with E-state index in [1.165, 1.54) is 0 Å². The molecule has 1 amide bonds. The number of halogens is 2. The van der Waals surface area contributed by atoms with Gasteiger partial charge in [0.1, 0.15) is 18.0 Å². The summed E-state index contributed by atoms with van der Waals surface area (Å²) in [4.78, 5) is 12.7. The molecule has 5 nitrogen and oxygen atoms in total. The summed E-state index contributed by atoms with van der Waals surface area (Å²) >= 11 is 6.15. The van der Waals surface area contributed by atoms with Gasteiger partial charge in [0.15, 0.2) is 0 Å². The Kier molecular flexibility index (Phi) is 8.58. The Morgan fingerprint density at radius 2 is 1.75 bits per heavy atom. The van der Waals surface area contributed by atoms with Gasteiger partial charge in [0.25, 0.3) is 5.91 Å². The van der Waals surface area contributed by atoms with Crippen LogP contribution in [0.25, 0.3) is 0 Å². The standard InChI is InChI=1S/C21H25ClN2O3.ClH/c1-26-21(10-12-23-13-11-21)20(25)24-14-16-6-2-3-7-17(16)15-27-19-9-5-4-8-18(19)22;/h2-9,23H,10-15H2,1H3,(H,24,25);1H. The fourth-order valence-corrected chi connectivity index (χ4v) is 3.47. The lowest BCUT2D eigenvalue weighted by Crippen LogP contribution is -2.54. The second-order valence-electron chi connectivity index (χ2n) is 6.62. The van der Waals surface area contributed by atoms with E-state index in [0.717, 1.165) is 24.2 Å². The Balaban J connectivity index is 0.00000280. The van der Waals surface area contributed by atoms with Gasteiger partial charge < -0.3 is 20.1 Å². The number of carbonyl (C=O) groups is 1. The van der Waals surface area contributed by atoms with Crippen molar-refractivity contribution in [3.05, 3.63) is 64.7 Å². The molecule has 0 unspecified atom stereocenters. The molecule has 0 atom stereocenters. The van der Waals surface area contributed by atoms with Gasteiger partial charge in [0.05, 0.1) is 5.02 Å². The molecule has 152 valence electrons. The number of piperidine rings is 1. The van der Waals surface area contributed by atoms with E-state index in [1.54, 1.807) is 13.2 Å². The van der Waals surface area contributed by atoms with Crippen molar-refractivity contribution in [2.24, 2.45) is 0 Å². The van der Waals surface area contributed by atoms with Gasteiger partial charge >= 0.3 is 0 Å². The summed E-state index contributed by atoms with van der Waals surface area (Å²) < 4.78 is 11.4. The summed E-state index contributed by atoms with van der Waals surface area (Å²) in [5, 5.41) is 6.88. The molecule has 7 heteroatoms. The number of carbonyl (C=O) groups excluding carboxylic acids is 1. The van der Waals surface area contributed by atoms with Crippen LogP contribution < -0.4 is 15.4 Å². The van der Waals surface area contributed by atoms with Crippen LogP contribution in [-0.2, 0) is 22.7 Å². The van der Waals surface area contributed by atoms with Crippen molar-refractivity contribution in [3.63, 3.8) is 0 Å². The Bertz CT molecular complexity index is 780. The number of ether oxygens (including phenoxy) is 2. The fourth-order valence-electron chi connectivity index (χ4n) is 3.28. The van der Waals surface area contributed by atoms with Gasteiger partial charge in [-0.15, -0.1) is 12.4 Å². The third-order valence-electron chi connectivity index (χ3n) is 4.99. The minimum absolute atomic E-state index is 0. The molecule has 0 saturated carbocycles. The first kappa shape index (κ1) is 22.5. The zero-order chi connectivity index (χ0) is 19.1. The number of nitrogens with one attached hydrogen (secondary N) is 2. The van der Waals surface area contributed by atoms with E-state index in [2.05, 4.69) is 10.6 Å². The number of para-hydroxylation sites is 1. The lowest BCUT2D eigenvalue weighted by molar-refractivity contribution is -0.146. The normalized spacial score (nSPS) is 15.4. The summed E-state index contributed by atoms with van der Waals surface area (Å²) in [6, 6.07) is 15.3. The van der Waals surface area contributed by atoms with Crippen LogP contribution in [0, 0.1) is 0 Å². The van der Waals surface area contributed by atoms with Crippen LogP contribution in [0.5, 0.6) is 5.75 Å². The van der Waals surface area contributed by atoms with Crippen molar-refractivity contribution in [2.45, 2.75) is 31.6 Å². The Labute approximate surface area is 177 Å². The van der Waals surface area contributed by atoms with E-state index >= 15 is 0 Å². The molecule has 2 aromatic rings. The Morgan fingerprint density at radius 3 is 2.43 bits per heavy atom. The largest absolute Gasteiger partial charge is 0.487 e. The highest BCUT2D eigenvalue weighted by atomic mass is 35.5. The summed E-state index contributed by atoms with van der Waals surface area (Å²) in [5.41, 5.74) is 1.28. The number of benzene rings is 2. The number of hydrogen-bond acceptors (Lipinski definition) is 4. The highest BCUT2D eigenvalue weighted by Crippen LogP contribution is 2.25. The van der Waals surface area contributed by atoms with E-state index in [-0.39, 0.29) is 18.3 Å². The lowest BCUT2D eigenvalue weighted by atomic mass is 9.91. The summed E-state index contributed by atoms with van der Waals surface area (Å²) in [6.45, 7) is 2.38. The molecule has 3 rings (SSSR count). The number of hydrogen-bond donors (Lipinski definition) is 2. The van der Waals surface area contributed by atoms with E-state index in [1.807, 2.05) is 42.5 Å². The molecule has 1 heterocycles. The van der Waals surface area contributed by atoms with E-state index in [4.69, 9.17) is 21.1 Å². The van der Waals surface area contributed by atoms with Crippen LogP contribution in [0.2, 0.25) is 5.02 Å². The molecule has 1 aliphatic rings.